The third kappa shape index (κ3) is 2.08. The van der Waals surface area contributed by atoms with Crippen molar-refractivity contribution in [3.05, 3.63) is 24.2 Å². The van der Waals surface area contributed by atoms with Gasteiger partial charge >= 0.3 is 0 Å². The molecule has 2 aromatic heterocycles. The van der Waals surface area contributed by atoms with Gasteiger partial charge < -0.3 is 4.57 Å². The van der Waals surface area contributed by atoms with Crippen molar-refractivity contribution in [1.29, 1.82) is 0 Å². The first-order valence-corrected chi connectivity index (χ1v) is 6.02. The van der Waals surface area contributed by atoms with Crippen LogP contribution in [0.4, 0.5) is 0 Å². The zero-order valence-corrected chi connectivity index (χ0v) is 10.3. The Kier molecular flexibility index (Phi) is 3.22. The van der Waals surface area contributed by atoms with Gasteiger partial charge in [0.2, 0.25) is 0 Å². The number of imidazole rings is 1. The van der Waals surface area contributed by atoms with E-state index in [4.69, 9.17) is 0 Å². The molecule has 0 atom stereocenters. The summed E-state index contributed by atoms with van der Waals surface area (Å²) in [4.78, 5) is 9.10. The minimum absolute atomic E-state index is 0.632. The summed E-state index contributed by atoms with van der Waals surface area (Å²) in [5.74, 6) is 1.80. The molecule has 0 radical (unpaired) electrons. The normalized spacial score (nSPS) is 11.5. The highest BCUT2D eigenvalue weighted by atomic mass is 15.1. The average Bonchev–Trinajstić information content (AvgIpc) is 2.57. The van der Waals surface area contributed by atoms with Gasteiger partial charge in [0, 0.05) is 19.2 Å². The van der Waals surface area contributed by atoms with Crippen LogP contribution in [0.5, 0.6) is 0 Å². The van der Waals surface area contributed by atoms with Crippen molar-refractivity contribution in [3.8, 4) is 0 Å². The van der Waals surface area contributed by atoms with Crippen molar-refractivity contribution in [2.24, 2.45) is 5.92 Å². The van der Waals surface area contributed by atoms with Crippen molar-refractivity contribution in [2.75, 3.05) is 0 Å². The van der Waals surface area contributed by atoms with Gasteiger partial charge in [-0.15, -0.1) is 0 Å². The third-order valence-electron chi connectivity index (χ3n) is 2.62. The van der Waals surface area contributed by atoms with E-state index < -0.39 is 0 Å². The number of fused-ring (bicyclic) bond motifs is 1. The number of pyridine rings is 1. The lowest BCUT2D eigenvalue weighted by atomic mass is 10.1. The number of hydrogen-bond acceptors (Lipinski definition) is 2. The van der Waals surface area contributed by atoms with Crippen LogP contribution < -0.4 is 0 Å². The van der Waals surface area contributed by atoms with Crippen LogP contribution in [-0.4, -0.2) is 14.5 Å². The second kappa shape index (κ2) is 4.64. The lowest BCUT2D eigenvalue weighted by molar-refractivity contribution is 0.572. The van der Waals surface area contributed by atoms with Gasteiger partial charge in [-0.2, -0.15) is 0 Å². The molecule has 2 aromatic rings. The first-order chi connectivity index (χ1) is 7.72. The van der Waals surface area contributed by atoms with Crippen LogP contribution in [0.2, 0.25) is 0 Å². The Balaban J connectivity index is 2.49. The van der Waals surface area contributed by atoms with E-state index in [9.17, 15) is 0 Å². The highest BCUT2D eigenvalue weighted by molar-refractivity contribution is 5.71. The molecule has 0 saturated carbocycles. The maximum Gasteiger partial charge on any atom is 0.159 e. The molecule has 86 valence electrons. The van der Waals surface area contributed by atoms with Crippen molar-refractivity contribution in [3.63, 3.8) is 0 Å². The summed E-state index contributed by atoms with van der Waals surface area (Å²) in [5.41, 5.74) is 2.05. The van der Waals surface area contributed by atoms with Gasteiger partial charge in [-0.1, -0.05) is 20.8 Å². The van der Waals surface area contributed by atoms with Gasteiger partial charge in [0.1, 0.15) is 11.3 Å². The van der Waals surface area contributed by atoms with Gasteiger partial charge in [0.15, 0.2) is 5.65 Å². The number of rotatable bonds is 4. The van der Waals surface area contributed by atoms with Crippen molar-refractivity contribution < 1.29 is 0 Å². The average molecular weight is 217 g/mol. The molecule has 0 saturated heterocycles. The van der Waals surface area contributed by atoms with Crippen LogP contribution in [0.3, 0.4) is 0 Å². The molecular weight excluding hydrogens is 198 g/mol. The Morgan fingerprint density at radius 2 is 2.19 bits per heavy atom. The second-order valence-corrected chi connectivity index (χ2v) is 4.62. The van der Waals surface area contributed by atoms with E-state index in [-0.39, 0.29) is 0 Å². The lowest BCUT2D eigenvalue weighted by Crippen LogP contribution is -2.07. The largest absolute Gasteiger partial charge is 0.313 e. The molecule has 3 nitrogen and oxygen atoms in total. The maximum absolute atomic E-state index is 4.67. The first-order valence-electron chi connectivity index (χ1n) is 6.02. The Morgan fingerprint density at radius 1 is 1.38 bits per heavy atom. The number of nitrogens with zero attached hydrogens (tertiary/aromatic N) is 3. The quantitative estimate of drug-likeness (QED) is 0.788. The number of aryl methyl sites for hydroxylation is 1. The highest BCUT2D eigenvalue weighted by Gasteiger charge is 2.11. The van der Waals surface area contributed by atoms with Crippen LogP contribution in [0.1, 0.15) is 33.0 Å². The van der Waals surface area contributed by atoms with Crippen LogP contribution >= 0.6 is 0 Å². The SMILES string of the molecule is CCCn1c(CC(C)C)nc2cccnc21. The monoisotopic (exact) mass is 217 g/mol. The summed E-state index contributed by atoms with van der Waals surface area (Å²) in [5, 5.41) is 0. The molecular formula is C13H19N3. The fraction of sp³-hybridized carbons (Fsp3) is 0.538. The standard InChI is InChI=1S/C13H19N3/c1-4-8-16-12(9-10(2)3)15-11-6-5-7-14-13(11)16/h5-7,10H,4,8-9H2,1-3H3. The molecule has 3 heteroatoms. The molecule has 0 unspecified atom stereocenters. The van der Waals surface area contributed by atoms with E-state index in [1.165, 1.54) is 5.82 Å². The molecule has 0 aliphatic carbocycles. The van der Waals surface area contributed by atoms with Crippen LogP contribution in [-0.2, 0) is 13.0 Å². The lowest BCUT2D eigenvalue weighted by Gasteiger charge is -2.08. The van der Waals surface area contributed by atoms with E-state index in [2.05, 4.69) is 35.3 Å². The Labute approximate surface area is 96.5 Å². The maximum atomic E-state index is 4.67. The summed E-state index contributed by atoms with van der Waals surface area (Å²) < 4.78 is 2.26. The zero-order valence-electron chi connectivity index (χ0n) is 10.3. The molecule has 2 heterocycles. The number of aromatic nitrogens is 3. The highest BCUT2D eigenvalue weighted by Crippen LogP contribution is 2.16. The van der Waals surface area contributed by atoms with Gasteiger partial charge in [0.05, 0.1) is 0 Å². The smallest absolute Gasteiger partial charge is 0.159 e. The van der Waals surface area contributed by atoms with E-state index in [1.54, 1.807) is 0 Å². The Hall–Kier alpha value is -1.38. The van der Waals surface area contributed by atoms with E-state index >= 15 is 0 Å². The molecule has 0 aromatic carbocycles. The minimum Gasteiger partial charge on any atom is -0.313 e. The molecule has 0 aliphatic heterocycles. The summed E-state index contributed by atoms with van der Waals surface area (Å²) in [6, 6.07) is 3.99. The summed E-state index contributed by atoms with van der Waals surface area (Å²) in [6.07, 6.45) is 3.98. The molecule has 0 spiro atoms. The molecule has 0 N–H and O–H groups in total. The topological polar surface area (TPSA) is 30.7 Å². The molecule has 0 aliphatic rings. The Bertz CT molecular complexity index is 471. The van der Waals surface area contributed by atoms with E-state index in [0.29, 0.717) is 5.92 Å². The van der Waals surface area contributed by atoms with Crippen LogP contribution in [0.15, 0.2) is 18.3 Å². The minimum atomic E-state index is 0.632. The van der Waals surface area contributed by atoms with Crippen LogP contribution in [0, 0.1) is 5.92 Å². The second-order valence-electron chi connectivity index (χ2n) is 4.62. The molecule has 0 bridgehead atoms. The predicted molar refractivity (Wildman–Crippen MR) is 66.4 cm³/mol. The van der Waals surface area contributed by atoms with Crippen molar-refractivity contribution >= 4 is 11.2 Å². The van der Waals surface area contributed by atoms with Gasteiger partial charge in [-0.05, 0) is 24.5 Å². The fourth-order valence-corrected chi connectivity index (χ4v) is 1.98. The summed E-state index contributed by atoms with van der Waals surface area (Å²) >= 11 is 0. The molecule has 2 rings (SSSR count). The van der Waals surface area contributed by atoms with Gasteiger partial charge in [-0.3, -0.25) is 0 Å². The summed E-state index contributed by atoms with van der Waals surface area (Å²) in [6.45, 7) is 7.65. The van der Waals surface area contributed by atoms with Crippen LogP contribution in [0.25, 0.3) is 11.2 Å². The van der Waals surface area contributed by atoms with E-state index in [0.717, 1.165) is 30.6 Å². The van der Waals surface area contributed by atoms with Gasteiger partial charge in [-0.25, -0.2) is 9.97 Å². The number of hydrogen-bond donors (Lipinski definition) is 0. The Morgan fingerprint density at radius 3 is 2.88 bits per heavy atom. The zero-order chi connectivity index (χ0) is 11.5. The third-order valence-corrected chi connectivity index (χ3v) is 2.62. The summed E-state index contributed by atoms with van der Waals surface area (Å²) in [7, 11) is 0. The van der Waals surface area contributed by atoms with E-state index in [1.807, 2.05) is 18.3 Å². The van der Waals surface area contributed by atoms with Crippen molar-refractivity contribution in [1.82, 2.24) is 14.5 Å². The van der Waals surface area contributed by atoms with Gasteiger partial charge in [0.25, 0.3) is 0 Å². The molecule has 0 fully saturated rings. The molecule has 0 amide bonds. The first kappa shape index (κ1) is 11.1. The van der Waals surface area contributed by atoms with Crippen molar-refractivity contribution in [2.45, 2.75) is 40.2 Å². The molecule has 16 heavy (non-hydrogen) atoms. The fourth-order valence-electron chi connectivity index (χ4n) is 1.98. The predicted octanol–water partition coefficient (Wildman–Crippen LogP) is 3.04.